The maximum Gasteiger partial charge on any atom is 0.256 e. The second kappa shape index (κ2) is 10.4. The summed E-state index contributed by atoms with van der Waals surface area (Å²) in [5.41, 5.74) is 2.29. The summed E-state index contributed by atoms with van der Waals surface area (Å²) in [6, 6.07) is 7.83. The van der Waals surface area contributed by atoms with Gasteiger partial charge in [0.2, 0.25) is 5.91 Å². The molecule has 1 aromatic heterocycles. The number of likely N-dealkylation sites (tertiary alicyclic amines) is 1. The average molecular weight is 440 g/mol. The molecule has 0 unspecified atom stereocenters. The summed E-state index contributed by atoms with van der Waals surface area (Å²) >= 11 is 0. The Hall–Kier alpha value is -3.16. The molecule has 172 valence electrons. The van der Waals surface area contributed by atoms with Crippen LogP contribution in [0.1, 0.15) is 47.1 Å². The molecule has 2 aromatic rings. The monoisotopic (exact) mass is 439 g/mol. The lowest BCUT2D eigenvalue weighted by molar-refractivity contribution is -0.132. The van der Waals surface area contributed by atoms with Gasteiger partial charge in [0, 0.05) is 65.0 Å². The predicted molar refractivity (Wildman–Crippen MR) is 124 cm³/mol. The van der Waals surface area contributed by atoms with Crippen LogP contribution in [-0.4, -0.2) is 79.5 Å². The molecule has 1 aliphatic rings. The number of ether oxygens (including phenoxy) is 1. The molecule has 0 N–H and O–H groups in total. The molecule has 2 amide bonds. The maximum atomic E-state index is 12.7. The number of carbonyl (C=O) groups is 2. The number of rotatable bonds is 7. The van der Waals surface area contributed by atoms with Gasteiger partial charge in [0.1, 0.15) is 11.6 Å². The second-order valence-electron chi connectivity index (χ2n) is 8.45. The van der Waals surface area contributed by atoms with Gasteiger partial charge in [-0.05, 0) is 44.0 Å². The van der Waals surface area contributed by atoms with E-state index in [9.17, 15) is 9.59 Å². The first-order valence-corrected chi connectivity index (χ1v) is 11.0. The fraction of sp³-hybridized carbons (Fsp3) is 0.500. The van der Waals surface area contributed by atoms with Crippen molar-refractivity contribution in [1.82, 2.24) is 19.8 Å². The van der Waals surface area contributed by atoms with Crippen LogP contribution in [0, 0.1) is 6.92 Å². The van der Waals surface area contributed by atoms with E-state index in [-0.39, 0.29) is 17.7 Å². The van der Waals surface area contributed by atoms with Crippen molar-refractivity contribution in [1.29, 1.82) is 0 Å². The van der Waals surface area contributed by atoms with Gasteiger partial charge in [-0.2, -0.15) is 0 Å². The molecule has 3 rings (SSSR count). The molecule has 1 saturated heterocycles. The van der Waals surface area contributed by atoms with E-state index in [0.29, 0.717) is 37.3 Å². The normalized spacial score (nSPS) is 14.2. The Morgan fingerprint density at radius 2 is 1.78 bits per heavy atom. The third-order valence-corrected chi connectivity index (χ3v) is 6.02. The van der Waals surface area contributed by atoms with E-state index >= 15 is 0 Å². The summed E-state index contributed by atoms with van der Waals surface area (Å²) < 4.78 is 5.19. The van der Waals surface area contributed by atoms with Crippen LogP contribution >= 0.6 is 0 Å². The van der Waals surface area contributed by atoms with E-state index in [0.717, 1.165) is 30.1 Å². The van der Waals surface area contributed by atoms with Crippen LogP contribution in [0.2, 0.25) is 0 Å². The zero-order valence-electron chi connectivity index (χ0n) is 19.7. The molecule has 1 fully saturated rings. The van der Waals surface area contributed by atoms with Gasteiger partial charge in [0.15, 0.2) is 0 Å². The number of methoxy groups -OCH3 is 1. The minimum Gasteiger partial charge on any atom is -0.497 e. The Balaban J connectivity index is 1.50. The fourth-order valence-electron chi connectivity index (χ4n) is 3.91. The lowest BCUT2D eigenvalue weighted by atomic mass is 9.95. The highest BCUT2D eigenvalue weighted by Crippen LogP contribution is 2.26. The number of aromatic nitrogens is 2. The molecule has 1 aromatic carbocycles. The highest BCUT2D eigenvalue weighted by Gasteiger charge is 2.26. The number of hydrogen-bond acceptors (Lipinski definition) is 6. The Labute approximate surface area is 190 Å². The summed E-state index contributed by atoms with van der Waals surface area (Å²) in [6.45, 7) is 3.92. The van der Waals surface area contributed by atoms with Crippen LogP contribution in [-0.2, 0) is 4.79 Å². The third-order valence-electron chi connectivity index (χ3n) is 6.02. The molecule has 8 nitrogen and oxygen atoms in total. The minimum absolute atomic E-state index is 0.0888. The number of aryl methyl sites for hydroxylation is 1. The molecule has 2 heterocycles. The molecule has 0 spiro atoms. The third kappa shape index (κ3) is 5.55. The topological polar surface area (TPSA) is 78.9 Å². The summed E-state index contributed by atoms with van der Waals surface area (Å²) in [5.74, 6) is 1.88. The molecule has 0 radical (unpaired) electrons. The van der Waals surface area contributed by atoms with Gasteiger partial charge in [-0.15, -0.1) is 0 Å². The van der Waals surface area contributed by atoms with Gasteiger partial charge >= 0.3 is 0 Å². The zero-order chi connectivity index (χ0) is 23.3. The largest absolute Gasteiger partial charge is 0.497 e. The van der Waals surface area contributed by atoms with Crippen LogP contribution in [0.5, 0.6) is 5.75 Å². The van der Waals surface area contributed by atoms with Crippen molar-refractivity contribution in [2.75, 3.05) is 52.8 Å². The molecule has 8 heteroatoms. The van der Waals surface area contributed by atoms with Crippen molar-refractivity contribution in [3.63, 3.8) is 0 Å². The number of piperidine rings is 1. The summed E-state index contributed by atoms with van der Waals surface area (Å²) in [6.07, 6.45) is 3.78. The first kappa shape index (κ1) is 23.5. The number of hydrogen-bond donors (Lipinski definition) is 0. The lowest BCUT2D eigenvalue weighted by Gasteiger charge is -2.32. The van der Waals surface area contributed by atoms with Crippen LogP contribution in [0.25, 0.3) is 0 Å². The Bertz CT molecular complexity index is 937. The van der Waals surface area contributed by atoms with Crippen molar-refractivity contribution >= 4 is 17.5 Å². The molecule has 0 aliphatic carbocycles. The van der Waals surface area contributed by atoms with E-state index < -0.39 is 0 Å². The predicted octanol–water partition coefficient (Wildman–Crippen LogP) is 2.73. The average Bonchev–Trinajstić information content (AvgIpc) is 2.81. The zero-order valence-corrected chi connectivity index (χ0v) is 19.7. The molecular formula is C24H33N5O3. The van der Waals surface area contributed by atoms with Crippen LogP contribution in [0.15, 0.2) is 30.5 Å². The quantitative estimate of drug-likeness (QED) is 0.660. The Morgan fingerprint density at radius 3 is 2.34 bits per heavy atom. The van der Waals surface area contributed by atoms with Crippen molar-refractivity contribution in [3.05, 3.63) is 47.5 Å². The summed E-state index contributed by atoms with van der Waals surface area (Å²) in [7, 11) is 7.08. The number of amides is 2. The molecule has 32 heavy (non-hydrogen) atoms. The van der Waals surface area contributed by atoms with Crippen molar-refractivity contribution in [2.45, 2.75) is 32.1 Å². The van der Waals surface area contributed by atoms with E-state index in [4.69, 9.17) is 4.74 Å². The van der Waals surface area contributed by atoms with Crippen LogP contribution in [0.4, 0.5) is 5.69 Å². The van der Waals surface area contributed by atoms with E-state index in [2.05, 4.69) is 14.9 Å². The number of anilines is 1. The SMILES string of the molecule is COc1ccc(N(C)CCC(=O)N2CCC(c3ncc(C(=O)N(C)C)c(C)n3)CC2)cc1. The number of carbonyl (C=O) groups excluding carboxylic acids is 2. The highest BCUT2D eigenvalue weighted by molar-refractivity contribution is 5.94. The van der Waals surface area contributed by atoms with Crippen molar-refractivity contribution in [3.8, 4) is 5.75 Å². The number of nitrogens with zero attached hydrogens (tertiary/aromatic N) is 5. The van der Waals surface area contributed by atoms with Gasteiger partial charge in [0.05, 0.1) is 18.4 Å². The molecule has 0 atom stereocenters. The first-order chi connectivity index (χ1) is 15.3. The Morgan fingerprint density at radius 1 is 1.12 bits per heavy atom. The van der Waals surface area contributed by atoms with E-state index in [1.165, 1.54) is 4.90 Å². The van der Waals surface area contributed by atoms with Crippen molar-refractivity contribution < 1.29 is 14.3 Å². The lowest BCUT2D eigenvalue weighted by Crippen LogP contribution is -2.39. The summed E-state index contributed by atoms with van der Waals surface area (Å²) in [4.78, 5) is 39.5. The molecular weight excluding hydrogens is 406 g/mol. The van der Waals surface area contributed by atoms with Gasteiger partial charge in [0.25, 0.3) is 5.91 Å². The number of benzene rings is 1. The first-order valence-electron chi connectivity index (χ1n) is 11.0. The minimum atomic E-state index is -0.0888. The fourth-order valence-corrected chi connectivity index (χ4v) is 3.91. The van der Waals surface area contributed by atoms with Crippen LogP contribution in [0.3, 0.4) is 0 Å². The van der Waals surface area contributed by atoms with Crippen LogP contribution < -0.4 is 9.64 Å². The van der Waals surface area contributed by atoms with Crippen molar-refractivity contribution in [2.24, 2.45) is 0 Å². The molecule has 0 bridgehead atoms. The molecule has 0 saturated carbocycles. The van der Waals surface area contributed by atoms with Gasteiger partial charge in [-0.3, -0.25) is 9.59 Å². The van der Waals surface area contributed by atoms with Gasteiger partial charge < -0.3 is 19.4 Å². The maximum absolute atomic E-state index is 12.7. The summed E-state index contributed by atoms with van der Waals surface area (Å²) in [5, 5.41) is 0. The van der Waals surface area contributed by atoms with Gasteiger partial charge in [-0.1, -0.05) is 0 Å². The second-order valence-corrected chi connectivity index (χ2v) is 8.45. The molecule has 1 aliphatic heterocycles. The van der Waals surface area contributed by atoms with Gasteiger partial charge in [-0.25, -0.2) is 9.97 Å². The standard InChI is InChI=1S/C24H33N5O3/c1-17-21(24(31)27(2)3)16-25-23(26-17)18-10-14-29(15-11-18)22(30)12-13-28(4)19-6-8-20(32-5)9-7-19/h6-9,16,18H,10-15H2,1-5H3. The smallest absolute Gasteiger partial charge is 0.256 e. The van der Waals surface area contributed by atoms with E-state index in [1.54, 1.807) is 27.4 Å². The van der Waals surface area contributed by atoms with E-state index in [1.807, 2.05) is 43.1 Å². The Kier molecular flexibility index (Phi) is 7.66. The highest BCUT2D eigenvalue weighted by atomic mass is 16.5.